The van der Waals surface area contributed by atoms with E-state index in [0.717, 1.165) is 5.69 Å². The van der Waals surface area contributed by atoms with E-state index < -0.39 is 23.7 Å². The molecule has 1 aromatic carbocycles. The van der Waals surface area contributed by atoms with Crippen molar-refractivity contribution in [2.75, 3.05) is 19.0 Å². The first-order valence-electron chi connectivity index (χ1n) is 7.03. The van der Waals surface area contributed by atoms with E-state index in [1.54, 1.807) is 11.0 Å². The predicted octanol–water partition coefficient (Wildman–Crippen LogP) is 0.653. The topological polar surface area (TPSA) is 69.7 Å². The summed E-state index contributed by atoms with van der Waals surface area (Å²) in [6, 6.07) is 2.15. The van der Waals surface area contributed by atoms with Gasteiger partial charge in [0.05, 0.1) is 5.56 Å². The summed E-state index contributed by atoms with van der Waals surface area (Å²) in [5.41, 5.74) is 1.36. The number of piperidine rings is 1. The normalized spacial score (nSPS) is 21.0. The summed E-state index contributed by atoms with van der Waals surface area (Å²) in [6.07, 6.45) is 0.447. The van der Waals surface area contributed by atoms with Crippen LogP contribution in [0.2, 0.25) is 0 Å². The summed E-state index contributed by atoms with van der Waals surface area (Å²) in [5, 5.41) is 2.23. The van der Waals surface area contributed by atoms with Crippen LogP contribution >= 0.6 is 0 Å². The van der Waals surface area contributed by atoms with Crippen LogP contribution in [0, 0.1) is 5.82 Å². The van der Waals surface area contributed by atoms with Gasteiger partial charge in [-0.05, 0) is 18.6 Å². The van der Waals surface area contributed by atoms with Crippen molar-refractivity contribution in [3.8, 4) is 0 Å². The molecule has 7 heteroatoms. The Labute approximate surface area is 126 Å². The van der Waals surface area contributed by atoms with Gasteiger partial charge < -0.3 is 9.80 Å². The minimum atomic E-state index is -0.730. The first kappa shape index (κ1) is 14.5. The van der Waals surface area contributed by atoms with E-state index in [0.29, 0.717) is 5.56 Å². The van der Waals surface area contributed by atoms with Crippen LogP contribution in [0.3, 0.4) is 0 Å². The summed E-state index contributed by atoms with van der Waals surface area (Å²) >= 11 is 0. The van der Waals surface area contributed by atoms with E-state index in [1.165, 1.54) is 11.0 Å². The van der Waals surface area contributed by atoms with Gasteiger partial charge in [0, 0.05) is 38.3 Å². The van der Waals surface area contributed by atoms with E-state index in [1.807, 2.05) is 14.1 Å². The zero-order valence-corrected chi connectivity index (χ0v) is 12.4. The predicted molar refractivity (Wildman–Crippen MR) is 76.8 cm³/mol. The lowest BCUT2D eigenvalue weighted by Crippen LogP contribution is -2.52. The Hall–Kier alpha value is -2.44. The van der Waals surface area contributed by atoms with E-state index in [4.69, 9.17) is 0 Å². The molecular weight excluding hydrogens is 289 g/mol. The molecular formula is C15H16FN3O3. The number of benzene rings is 1. The Morgan fingerprint density at radius 2 is 2.00 bits per heavy atom. The van der Waals surface area contributed by atoms with Crippen LogP contribution in [-0.4, -0.2) is 42.8 Å². The highest BCUT2D eigenvalue weighted by Gasteiger charge is 2.41. The van der Waals surface area contributed by atoms with Crippen LogP contribution in [0.4, 0.5) is 10.1 Å². The van der Waals surface area contributed by atoms with Crippen LogP contribution in [0.1, 0.15) is 28.8 Å². The second kappa shape index (κ2) is 5.08. The van der Waals surface area contributed by atoms with Crippen molar-refractivity contribution < 1.29 is 18.8 Å². The Morgan fingerprint density at radius 1 is 1.27 bits per heavy atom. The van der Waals surface area contributed by atoms with Crippen LogP contribution in [0.25, 0.3) is 0 Å². The number of nitrogens with one attached hydrogen (secondary N) is 1. The number of carbonyl (C=O) groups is 3. The Morgan fingerprint density at radius 3 is 2.64 bits per heavy atom. The fraction of sp³-hybridized carbons (Fsp3) is 0.400. The summed E-state index contributed by atoms with van der Waals surface area (Å²) < 4.78 is 14.1. The zero-order valence-electron chi connectivity index (χ0n) is 12.4. The molecule has 6 nitrogen and oxygen atoms in total. The lowest BCUT2D eigenvalue weighted by Gasteiger charge is -2.29. The zero-order chi connectivity index (χ0) is 16.0. The molecule has 0 bridgehead atoms. The first-order valence-corrected chi connectivity index (χ1v) is 7.03. The van der Waals surface area contributed by atoms with Gasteiger partial charge in [0.1, 0.15) is 11.9 Å². The van der Waals surface area contributed by atoms with Gasteiger partial charge in [-0.3, -0.25) is 19.7 Å². The largest absolute Gasteiger partial charge is 0.377 e. The smallest absolute Gasteiger partial charge is 0.258 e. The van der Waals surface area contributed by atoms with Gasteiger partial charge in [-0.15, -0.1) is 0 Å². The monoisotopic (exact) mass is 305 g/mol. The first-order chi connectivity index (χ1) is 10.4. The number of halogens is 1. The number of nitrogens with zero attached hydrogens (tertiary/aromatic N) is 2. The van der Waals surface area contributed by atoms with Crippen molar-refractivity contribution >= 4 is 23.4 Å². The Kier molecular flexibility index (Phi) is 3.35. The van der Waals surface area contributed by atoms with Gasteiger partial charge in [-0.2, -0.15) is 0 Å². The minimum Gasteiger partial charge on any atom is -0.377 e. The lowest BCUT2D eigenvalue weighted by atomic mass is 10.0. The molecule has 2 aliphatic heterocycles. The van der Waals surface area contributed by atoms with Crippen molar-refractivity contribution in [1.29, 1.82) is 0 Å². The molecule has 1 saturated heterocycles. The Bertz CT molecular complexity index is 687. The van der Waals surface area contributed by atoms with Crippen molar-refractivity contribution in [3.05, 3.63) is 29.1 Å². The molecule has 2 heterocycles. The van der Waals surface area contributed by atoms with Gasteiger partial charge in [-0.25, -0.2) is 4.39 Å². The maximum Gasteiger partial charge on any atom is 0.258 e. The van der Waals surface area contributed by atoms with Gasteiger partial charge in [-0.1, -0.05) is 0 Å². The number of rotatable bonds is 2. The fourth-order valence-electron chi connectivity index (χ4n) is 3.04. The second-order valence-corrected chi connectivity index (χ2v) is 5.71. The van der Waals surface area contributed by atoms with E-state index in [2.05, 4.69) is 5.32 Å². The molecule has 2 aliphatic rings. The average molecular weight is 305 g/mol. The van der Waals surface area contributed by atoms with E-state index in [9.17, 15) is 18.8 Å². The third-order valence-corrected chi connectivity index (χ3v) is 4.11. The molecule has 1 atom stereocenters. The molecule has 0 aliphatic carbocycles. The van der Waals surface area contributed by atoms with Gasteiger partial charge in [0.15, 0.2) is 0 Å². The molecule has 3 amide bonds. The highest BCUT2D eigenvalue weighted by Crippen LogP contribution is 2.34. The van der Waals surface area contributed by atoms with Gasteiger partial charge in [0.25, 0.3) is 5.91 Å². The number of imide groups is 1. The Balaban J connectivity index is 1.97. The standard InChI is InChI=1S/C15H16FN3O3/c1-18(2)10-4-3-9(16)13-8(10)7-19(15(13)22)11-5-6-12(20)17-14(11)21/h3-4,11H,5-7H2,1-2H3,(H,17,20,21). The van der Waals surface area contributed by atoms with Gasteiger partial charge >= 0.3 is 0 Å². The molecule has 0 saturated carbocycles. The maximum atomic E-state index is 14.1. The maximum absolute atomic E-state index is 14.1. The summed E-state index contributed by atoms with van der Waals surface area (Å²) in [7, 11) is 3.62. The molecule has 3 rings (SSSR count). The molecule has 1 N–H and O–H groups in total. The quantitative estimate of drug-likeness (QED) is 0.815. The number of carbonyl (C=O) groups excluding carboxylic acids is 3. The van der Waals surface area contributed by atoms with Crippen molar-refractivity contribution in [2.24, 2.45) is 0 Å². The lowest BCUT2D eigenvalue weighted by molar-refractivity contribution is -0.136. The SMILES string of the molecule is CN(C)c1ccc(F)c2c1CN(C1CCC(=O)NC1=O)C2=O. The van der Waals surface area contributed by atoms with Crippen LogP contribution in [0.15, 0.2) is 12.1 Å². The second-order valence-electron chi connectivity index (χ2n) is 5.71. The number of hydrogen-bond donors (Lipinski definition) is 1. The molecule has 1 unspecified atom stereocenters. The third kappa shape index (κ3) is 2.13. The minimum absolute atomic E-state index is 0.0240. The molecule has 1 aromatic rings. The highest BCUT2D eigenvalue weighted by molar-refractivity contribution is 6.06. The summed E-state index contributed by atoms with van der Waals surface area (Å²) in [4.78, 5) is 38.9. The van der Waals surface area contributed by atoms with E-state index in [-0.39, 0.29) is 30.9 Å². The highest BCUT2D eigenvalue weighted by atomic mass is 19.1. The van der Waals surface area contributed by atoms with Crippen molar-refractivity contribution in [3.63, 3.8) is 0 Å². The molecule has 0 radical (unpaired) electrons. The van der Waals surface area contributed by atoms with Crippen molar-refractivity contribution in [2.45, 2.75) is 25.4 Å². The number of hydrogen-bond acceptors (Lipinski definition) is 4. The van der Waals surface area contributed by atoms with Crippen LogP contribution in [0.5, 0.6) is 0 Å². The number of amides is 3. The third-order valence-electron chi connectivity index (χ3n) is 4.11. The molecule has 22 heavy (non-hydrogen) atoms. The molecule has 0 spiro atoms. The summed E-state index contributed by atoms with van der Waals surface area (Å²) in [6.45, 7) is 0.172. The average Bonchev–Trinajstić information content (AvgIpc) is 2.77. The molecule has 1 fully saturated rings. The number of fused-ring (bicyclic) bond motifs is 1. The molecule has 116 valence electrons. The van der Waals surface area contributed by atoms with Crippen LogP contribution in [-0.2, 0) is 16.1 Å². The van der Waals surface area contributed by atoms with Crippen molar-refractivity contribution in [1.82, 2.24) is 10.2 Å². The fourth-order valence-corrected chi connectivity index (χ4v) is 3.04. The van der Waals surface area contributed by atoms with Gasteiger partial charge in [0.2, 0.25) is 11.8 Å². The van der Waals surface area contributed by atoms with E-state index >= 15 is 0 Å². The number of anilines is 1. The van der Waals surface area contributed by atoms with Crippen LogP contribution < -0.4 is 10.2 Å². The summed E-state index contributed by atoms with van der Waals surface area (Å²) in [5.74, 6) is -1.92. The molecule has 0 aromatic heterocycles.